The number of nitrogens with one attached hydrogen (secondary N) is 3. The topological polar surface area (TPSA) is 134 Å². The van der Waals surface area contributed by atoms with Crippen molar-refractivity contribution in [1.29, 1.82) is 5.26 Å². The maximum absolute atomic E-state index is 12.1. The molecule has 24 heavy (non-hydrogen) atoms. The van der Waals surface area contributed by atoms with Gasteiger partial charge in [-0.15, -0.1) is 0 Å². The molecule has 0 saturated carbocycles. The number of nitrogens with zero attached hydrogens (tertiary/aromatic N) is 3. The summed E-state index contributed by atoms with van der Waals surface area (Å²) in [5.74, 6) is -0.336. The molecule has 9 nitrogen and oxygen atoms in total. The predicted octanol–water partition coefficient (Wildman–Crippen LogP) is -0.0393. The molecular weight excluding hydrogens is 312 g/mol. The summed E-state index contributed by atoms with van der Waals surface area (Å²) in [4.78, 5) is 16.5. The molecule has 0 bridgehead atoms. The van der Waals surface area contributed by atoms with E-state index < -0.39 is 11.4 Å². The Morgan fingerprint density at radius 3 is 2.79 bits per heavy atom. The van der Waals surface area contributed by atoms with Crippen LogP contribution in [0.1, 0.15) is 37.6 Å². The van der Waals surface area contributed by atoms with E-state index in [-0.39, 0.29) is 30.5 Å². The van der Waals surface area contributed by atoms with Gasteiger partial charge in [0.25, 0.3) is 5.91 Å². The fourth-order valence-corrected chi connectivity index (χ4v) is 1.70. The second kappa shape index (κ2) is 8.69. The maximum Gasteiger partial charge on any atom is 0.334 e. The standard InChI is InChI=1S/C15H22N6O3/c1-4-15(2,3)20-14(18-10-16)19-12-11(6-5-8-21(12)24)13(23)17-7-9-22/h5-6,8,22,24H,4,7,9H2,1-3H3,(H2,17,18,20,23)/p+1. The van der Waals surface area contributed by atoms with E-state index in [1.807, 2.05) is 20.8 Å². The lowest BCUT2D eigenvalue weighted by Crippen LogP contribution is -2.42. The number of hydrogen-bond acceptors (Lipinski definition) is 5. The molecule has 0 aliphatic heterocycles. The van der Waals surface area contributed by atoms with Gasteiger partial charge in [0.15, 0.2) is 6.19 Å². The average Bonchev–Trinajstić information content (AvgIpc) is 2.54. The van der Waals surface area contributed by atoms with Gasteiger partial charge in [-0.05, 0) is 32.4 Å². The van der Waals surface area contributed by atoms with E-state index in [1.165, 1.54) is 18.3 Å². The number of pyridine rings is 1. The van der Waals surface area contributed by atoms with Crippen LogP contribution < -0.4 is 20.7 Å². The number of aliphatic hydroxyl groups is 1. The van der Waals surface area contributed by atoms with Crippen LogP contribution in [-0.4, -0.2) is 40.9 Å². The Morgan fingerprint density at radius 2 is 2.21 bits per heavy atom. The second-order valence-electron chi connectivity index (χ2n) is 5.58. The molecule has 1 aromatic heterocycles. The predicted molar refractivity (Wildman–Crippen MR) is 87.4 cm³/mol. The number of carbonyl (C=O) groups excluding carboxylic acids is 1. The highest BCUT2D eigenvalue weighted by Gasteiger charge is 2.25. The zero-order valence-corrected chi connectivity index (χ0v) is 14.0. The first-order valence-corrected chi connectivity index (χ1v) is 7.49. The molecule has 0 aliphatic rings. The minimum atomic E-state index is -0.485. The molecule has 130 valence electrons. The molecule has 1 heterocycles. The normalized spacial score (nSPS) is 11.5. The number of rotatable bonds is 6. The van der Waals surface area contributed by atoms with Crippen LogP contribution in [0.3, 0.4) is 0 Å². The first-order chi connectivity index (χ1) is 11.3. The van der Waals surface area contributed by atoms with Crippen LogP contribution in [0, 0.1) is 11.5 Å². The van der Waals surface area contributed by atoms with Crippen molar-refractivity contribution in [2.45, 2.75) is 32.7 Å². The first kappa shape index (κ1) is 19.2. The van der Waals surface area contributed by atoms with Crippen molar-refractivity contribution < 1.29 is 19.8 Å². The molecule has 0 atom stereocenters. The van der Waals surface area contributed by atoms with Gasteiger partial charge in [-0.25, -0.2) is 15.6 Å². The fraction of sp³-hybridized carbons (Fsp3) is 0.467. The van der Waals surface area contributed by atoms with E-state index >= 15 is 0 Å². The van der Waals surface area contributed by atoms with Crippen LogP contribution >= 0.6 is 0 Å². The Labute approximate surface area is 140 Å². The second-order valence-corrected chi connectivity index (χ2v) is 5.58. The zero-order valence-electron chi connectivity index (χ0n) is 14.0. The molecule has 0 radical (unpaired) electrons. The van der Waals surface area contributed by atoms with E-state index in [0.29, 0.717) is 0 Å². The van der Waals surface area contributed by atoms with Crippen LogP contribution in [0.4, 0.5) is 5.82 Å². The van der Waals surface area contributed by atoms with Gasteiger partial charge in [-0.2, -0.15) is 5.26 Å². The number of aliphatic imine (C=N–C) groups is 1. The largest absolute Gasteiger partial charge is 0.395 e. The molecule has 5 N–H and O–H groups in total. The summed E-state index contributed by atoms with van der Waals surface area (Å²) in [5, 5.41) is 35.4. The highest BCUT2D eigenvalue weighted by Crippen LogP contribution is 2.15. The SMILES string of the molecule is CCC(C)(C)N=C(NC#N)Nc1c(C(=O)NCCO)ccc[n+]1O. The molecule has 9 heteroatoms. The number of guanidine groups is 1. The van der Waals surface area contributed by atoms with Crippen LogP contribution in [0.15, 0.2) is 23.3 Å². The number of carbonyl (C=O) groups is 1. The smallest absolute Gasteiger partial charge is 0.334 e. The molecule has 0 aliphatic carbocycles. The summed E-state index contributed by atoms with van der Waals surface area (Å²) < 4.78 is 0.724. The van der Waals surface area contributed by atoms with Gasteiger partial charge >= 0.3 is 11.8 Å². The maximum atomic E-state index is 12.1. The molecule has 0 fully saturated rings. The van der Waals surface area contributed by atoms with Crippen molar-refractivity contribution in [3.63, 3.8) is 0 Å². The lowest BCUT2D eigenvalue weighted by molar-refractivity contribution is -0.893. The molecule has 0 spiro atoms. The summed E-state index contributed by atoms with van der Waals surface area (Å²) in [6, 6.07) is 2.99. The molecule has 1 amide bonds. The number of anilines is 1. The highest BCUT2D eigenvalue weighted by molar-refractivity contribution is 6.02. The summed E-state index contributed by atoms with van der Waals surface area (Å²) in [5.41, 5.74) is -0.309. The molecule has 0 saturated heterocycles. The van der Waals surface area contributed by atoms with Crippen LogP contribution in [0.5, 0.6) is 0 Å². The number of aliphatic hydroxyl groups excluding tert-OH is 1. The van der Waals surface area contributed by atoms with E-state index in [9.17, 15) is 10.0 Å². The summed E-state index contributed by atoms with van der Waals surface area (Å²) in [7, 11) is 0. The molecular formula is C15H23N6O3+. The first-order valence-electron chi connectivity index (χ1n) is 7.49. The monoisotopic (exact) mass is 335 g/mol. The van der Waals surface area contributed by atoms with Crippen LogP contribution in [0.25, 0.3) is 0 Å². The number of aromatic nitrogens is 1. The Hall–Kier alpha value is -2.86. The molecule has 0 aromatic carbocycles. The lowest BCUT2D eigenvalue weighted by Gasteiger charge is -2.17. The van der Waals surface area contributed by atoms with Crippen LogP contribution in [-0.2, 0) is 0 Å². The number of nitriles is 1. The Balaban J connectivity index is 3.20. The fourth-order valence-electron chi connectivity index (χ4n) is 1.70. The third-order valence-electron chi connectivity index (χ3n) is 3.31. The van der Waals surface area contributed by atoms with E-state index in [4.69, 9.17) is 10.4 Å². The van der Waals surface area contributed by atoms with E-state index in [1.54, 1.807) is 6.19 Å². The minimum Gasteiger partial charge on any atom is -0.395 e. The van der Waals surface area contributed by atoms with Gasteiger partial charge in [0.1, 0.15) is 11.8 Å². The van der Waals surface area contributed by atoms with Gasteiger partial charge in [0, 0.05) is 6.54 Å². The minimum absolute atomic E-state index is 0.0429. The summed E-state index contributed by atoms with van der Waals surface area (Å²) in [6.45, 7) is 5.61. The van der Waals surface area contributed by atoms with E-state index in [2.05, 4.69) is 20.9 Å². The molecule has 1 rings (SSSR count). The lowest BCUT2D eigenvalue weighted by atomic mass is 10.0. The average molecular weight is 335 g/mol. The zero-order chi connectivity index (χ0) is 18.2. The van der Waals surface area contributed by atoms with Gasteiger partial charge in [0.2, 0.25) is 0 Å². The van der Waals surface area contributed by atoms with Gasteiger partial charge in [-0.3, -0.25) is 4.79 Å². The van der Waals surface area contributed by atoms with Crippen molar-refractivity contribution >= 4 is 17.7 Å². The summed E-state index contributed by atoms with van der Waals surface area (Å²) >= 11 is 0. The van der Waals surface area contributed by atoms with E-state index in [0.717, 1.165) is 11.2 Å². The summed E-state index contributed by atoms with van der Waals surface area (Å²) in [6.07, 6.45) is 3.83. The Morgan fingerprint density at radius 1 is 1.50 bits per heavy atom. The third kappa shape index (κ3) is 5.40. The molecule has 0 unspecified atom stereocenters. The van der Waals surface area contributed by atoms with Gasteiger partial charge in [-0.1, -0.05) is 11.7 Å². The number of amides is 1. The van der Waals surface area contributed by atoms with Crippen molar-refractivity contribution in [2.75, 3.05) is 18.5 Å². The van der Waals surface area contributed by atoms with Crippen molar-refractivity contribution in [3.8, 4) is 6.19 Å². The molecule has 1 aromatic rings. The van der Waals surface area contributed by atoms with Gasteiger partial charge < -0.3 is 15.6 Å². The van der Waals surface area contributed by atoms with Crippen molar-refractivity contribution in [3.05, 3.63) is 23.9 Å². The Bertz CT molecular complexity index is 651. The highest BCUT2D eigenvalue weighted by atomic mass is 16.5. The number of hydrogen-bond donors (Lipinski definition) is 5. The van der Waals surface area contributed by atoms with Crippen molar-refractivity contribution in [2.24, 2.45) is 4.99 Å². The quantitative estimate of drug-likeness (QED) is 0.124. The third-order valence-corrected chi connectivity index (χ3v) is 3.31. The van der Waals surface area contributed by atoms with Crippen molar-refractivity contribution in [1.82, 2.24) is 10.6 Å². The van der Waals surface area contributed by atoms with Gasteiger partial charge in [0.05, 0.1) is 12.1 Å². The Kier molecular flexibility index (Phi) is 6.95. The van der Waals surface area contributed by atoms with Crippen LogP contribution in [0.2, 0.25) is 0 Å².